The summed E-state index contributed by atoms with van der Waals surface area (Å²) in [4.78, 5) is 4.39. The van der Waals surface area contributed by atoms with Crippen LogP contribution in [0.5, 0.6) is 0 Å². The Labute approximate surface area is 131 Å². The minimum atomic E-state index is 0.252. The minimum Gasteiger partial charge on any atom is -0.327 e. The molecule has 1 aliphatic carbocycles. The van der Waals surface area contributed by atoms with Gasteiger partial charge in [0.05, 0.1) is 5.02 Å². The van der Waals surface area contributed by atoms with Crippen molar-refractivity contribution in [1.82, 2.24) is 4.98 Å². The van der Waals surface area contributed by atoms with Crippen LogP contribution in [0.15, 0.2) is 23.4 Å². The van der Waals surface area contributed by atoms with Crippen LogP contribution < -0.4 is 5.73 Å². The highest BCUT2D eigenvalue weighted by molar-refractivity contribution is 8.00. The predicted octanol–water partition coefficient (Wildman–Crippen LogP) is 4.76. The number of hydrogen-bond acceptors (Lipinski definition) is 3. The Bertz CT molecular complexity index is 450. The van der Waals surface area contributed by atoms with Crippen molar-refractivity contribution in [2.45, 2.75) is 62.8 Å². The molecule has 2 N–H and O–H groups in total. The fourth-order valence-corrected chi connectivity index (χ4v) is 4.37. The summed E-state index contributed by atoms with van der Waals surface area (Å²) < 4.78 is 0. The number of nitrogens with two attached hydrogens (primary N) is 1. The zero-order valence-corrected chi connectivity index (χ0v) is 14.2. The van der Waals surface area contributed by atoms with Gasteiger partial charge in [0.2, 0.25) is 0 Å². The lowest BCUT2D eigenvalue weighted by molar-refractivity contribution is 0.148. The number of aromatic nitrogens is 1. The molecule has 1 aromatic heterocycles. The molecule has 1 fully saturated rings. The first-order chi connectivity index (χ1) is 9.44. The van der Waals surface area contributed by atoms with Crippen molar-refractivity contribution in [3.63, 3.8) is 0 Å². The molecule has 0 spiro atoms. The fraction of sp³-hybridized carbons (Fsp3) is 0.688. The fourth-order valence-electron chi connectivity index (χ4n) is 2.89. The number of nitrogens with zero attached hydrogens (tertiary/aromatic N) is 1. The maximum Gasteiger partial charge on any atom is 0.115 e. The molecule has 1 saturated carbocycles. The largest absolute Gasteiger partial charge is 0.327 e. The summed E-state index contributed by atoms with van der Waals surface area (Å²) in [5.41, 5.74) is 6.73. The van der Waals surface area contributed by atoms with Gasteiger partial charge in [0.1, 0.15) is 5.03 Å². The van der Waals surface area contributed by atoms with E-state index in [-0.39, 0.29) is 6.04 Å². The van der Waals surface area contributed by atoms with E-state index in [0.29, 0.717) is 10.7 Å². The highest BCUT2D eigenvalue weighted by Gasteiger charge is 2.36. The van der Waals surface area contributed by atoms with Gasteiger partial charge in [-0.15, -0.1) is 0 Å². The third-order valence-corrected chi connectivity index (χ3v) is 6.66. The van der Waals surface area contributed by atoms with Crippen LogP contribution in [0.3, 0.4) is 0 Å². The van der Waals surface area contributed by atoms with Gasteiger partial charge in [-0.25, -0.2) is 4.98 Å². The third-order valence-electron chi connectivity index (χ3n) is 4.85. The molecule has 3 atom stereocenters. The van der Waals surface area contributed by atoms with E-state index >= 15 is 0 Å². The second kappa shape index (κ2) is 6.67. The van der Waals surface area contributed by atoms with Crippen molar-refractivity contribution in [3.05, 3.63) is 23.4 Å². The van der Waals surface area contributed by atoms with Gasteiger partial charge in [-0.1, -0.05) is 50.6 Å². The van der Waals surface area contributed by atoms with Crippen molar-refractivity contribution in [2.24, 2.45) is 17.1 Å². The Balaban J connectivity index is 2.08. The second-order valence-corrected chi connectivity index (χ2v) is 8.10. The SMILES string of the molecule is CCC(C)(C)C1CCC(N)C(Sc2ncccc2Cl)C1. The lowest BCUT2D eigenvalue weighted by Gasteiger charge is -2.41. The van der Waals surface area contributed by atoms with Gasteiger partial charge < -0.3 is 5.73 Å². The Kier molecular flexibility index (Phi) is 5.38. The molecule has 0 aromatic carbocycles. The Hall–Kier alpha value is -0.250. The Morgan fingerprint density at radius 1 is 1.45 bits per heavy atom. The maximum absolute atomic E-state index is 6.33. The summed E-state index contributed by atoms with van der Waals surface area (Å²) in [6.07, 6.45) is 6.54. The molecule has 0 aliphatic heterocycles. The van der Waals surface area contributed by atoms with E-state index in [2.05, 4.69) is 25.8 Å². The molecule has 0 amide bonds. The summed E-state index contributed by atoms with van der Waals surface area (Å²) in [5.74, 6) is 0.743. The van der Waals surface area contributed by atoms with Gasteiger partial charge in [-0.2, -0.15) is 0 Å². The van der Waals surface area contributed by atoms with E-state index in [1.165, 1.54) is 19.3 Å². The van der Waals surface area contributed by atoms with E-state index in [9.17, 15) is 0 Å². The molecule has 3 unspecified atom stereocenters. The lowest BCUT2D eigenvalue weighted by Crippen LogP contribution is -2.42. The van der Waals surface area contributed by atoms with Gasteiger partial charge in [0.15, 0.2) is 0 Å². The normalized spacial score (nSPS) is 27.6. The quantitative estimate of drug-likeness (QED) is 0.871. The zero-order valence-electron chi connectivity index (χ0n) is 12.6. The maximum atomic E-state index is 6.33. The first kappa shape index (κ1) is 16.1. The van der Waals surface area contributed by atoms with Crippen LogP contribution in [0.25, 0.3) is 0 Å². The Morgan fingerprint density at radius 2 is 2.20 bits per heavy atom. The Morgan fingerprint density at radius 3 is 2.85 bits per heavy atom. The molecule has 0 bridgehead atoms. The van der Waals surface area contributed by atoms with Crippen LogP contribution in [-0.2, 0) is 0 Å². The van der Waals surface area contributed by atoms with Gasteiger partial charge in [-0.05, 0) is 42.7 Å². The van der Waals surface area contributed by atoms with Crippen molar-refractivity contribution in [3.8, 4) is 0 Å². The number of thioether (sulfide) groups is 1. The molecular weight excluding hydrogens is 288 g/mol. The van der Waals surface area contributed by atoms with Gasteiger partial charge >= 0.3 is 0 Å². The molecule has 2 rings (SSSR count). The number of pyridine rings is 1. The van der Waals surface area contributed by atoms with Crippen molar-refractivity contribution >= 4 is 23.4 Å². The van der Waals surface area contributed by atoms with Crippen LogP contribution in [0.4, 0.5) is 0 Å². The predicted molar refractivity (Wildman–Crippen MR) is 88.3 cm³/mol. The van der Waals surface area contributed by atoms with E-state index in [0.717, 1.165) is 22.4 Å². The van der Waals surface area contributed by atoms with Crippen molar-refractivity contribution < 1.29 is 0 Å². The zero-order chi connectivity index (χ0) is 14.8. The highest BCUT2D eigenvalue weighted by Crippen LogP contribution is 2.44. The van der Waals surface area contributed by atoms with E-state index in [1.807, 2.05) is 12.1 Å². The lowest BCUT2D eigenvalue weighted by atomic mass is 9.69. The average Bonchev–Trinajstić information content (AvgIpc) is 2.43. The van der Waals surface area contributed by atoms with Gasteiger partial charge in [-0.3, -0.25) is 0 Å². The molecule has 1 heterocycles. The topological polar surface area (TPSA) is 38.9 Å². The average molecular weight is 313 g/mol. The number of rotatable bonds is 4. The molecule has 0 radical (unpaired) electrons. The first-order valence-corrected chi connectivity index (χ1v) is 8.72. The van der Waals surface area contributed by atoms with Crippen LogP contribution in [0.2, 0.25) is 5.02 Å². The van der Waals surface area contributed by atoms with Crippen LogP contribution in [-0.4, -0.2) is 16.3 Å². The first-order valence-electron chi connectivity index (χ1n) is 7.46. The highest BCUT2D eigenvalue weighted by atomic mass is 35.5. The minimum absolute atomic E-state index is 0.252. The summed E-state index contributed by atoms with van der Waals surface area (Å²) in [6, 6.07) is 4.02. The summed E-state index contributed by atoms with van der Waals surface area (Å²) in [5, 5.41) is 2.08. The summed E-state index contributed by atoms with van der Waals surface area (Å²) in [7, 11) is 0. The summed E-state index contributed by atoms with van der Waals surface area (Å²) in [6.45, 7) is 7.04. The van der Waals surface area contributed by atoms with Crippen LogP contribution in [0.1, 0.15) is 46.5 Å². The third kappa shape index (κ3) is 3.69. The standard InChI is InChI=1S/C16H25ClN2S/c1-4-16(2,3)11-7-8-13(18)14(10-11)20-15-12(17)6-5-9-19-15/h5-6,9,11,13-14H,4,7-8,10,18H2,1-3H3. The molecule has 0 saturated heterocycles. The number of hydrogen-bond donors (Lipinski definition) is 1. The molecule has 1 aliphatic rings. The van der Waals surface area contributed by atoms with Crippen LogP contribution >= 0.6 is 23.4 Å². The van der Waals surface area contributed by atoms with Gasteiger partial charge in [0, 0.05) is 17.5 Å². The molecule has 20 heavy (non-hydrogen) atoms. The van der Waals surface area contributed by atoms with E-state index in [4.69, 9.17) is 17.3 Å². The summed E-state index contributed by atoms with van der Waals surface area (Å²) >= 11 is 7.98. The number of halogens is 1. The van der Waals surface area contributed by atoms with Gasteiger partial charge in [0.25, 0.3) is 0 Å². The molecule has 2 nitrogen and oxygen atoms in total. The van der Waals surface area contributed by atoms with Crippen molar-refractivity contribution in [2.75, 3.05) is 0 Å². The van der Waals surface area contributed by atoms with Crippen molar-refractivity contribution in [1.29, 1.82) is 0 Å². The smallest absolute Gasteiger partial charge is 0.115 e. The molecular formula is C16H25ClN2S. The molecule has 112 valence electrons. The van der Waals surface area contributed by atoms with E-state index in [1.54, 1.807) is 18.0 Å². The molecule has 1 aromatic rings. The monoisotopic (exact) mass is 312 g/mol. The molecule has 4 heteroatoms. The van der Waals surface area contributed by atoms with Crippen LogP contribution in [0, 0.1) is 11.3 Å². The van der Waals surface area contributed by atoms with E-state index < -0.39 is 0 Å². The second-order valence-electron chi connectivity index (χ2n) is 6.46.